The van der Waals surface area contributed by atoms with Crippen LogP contribution < -0.4 is 10.4 Å². The molecular formula is C34H31Si. The van der Waals surface area contributed by atoms with Gasteiger partial charge in [0.05, 0.1) is 0 Å². The number of hydrogen-bond donors (Lipinski definition) is 0. The second-order valence-electron chi connectivity index (χ2n) is 11.4. The Bertz CT molecular complexity index is 1550. The first kappa shape index (κ1) is 21.1. The minimum atomic E-state index is -1.62. The number of hydrogen-bond acceptors (Lipinski definition) is 0. The molecule has 0 aromatic heterocycles. The van der Waals surface area contributed by atoms with E-state index >= 15 is 0 Å². The Labute approximate surface area is 211 Å². The van der Waals surface area contributed by atoms with E-state index in [9.17, 15) is 0 Å². The maximum atomic E-state index is 2.55. The highest BCUT2D eigenvalue weighted by atomic mass is 28.3. The van der Waals surface area contributed by atoms with Gasteiger partial charge in [-0.3, -0.25) is 0 Å². The monoisotopic (exact) mass is 467 g/mol. The number of benzene rings is 4. The van der Waals surface area contributed by atoms with Gasteiger partial charge in [-0.1, -0.05) is 112 Å². The van der Waals surface area contributed by atoms with Crippen LogP contribution in [0.3, 0.4) is 0 Å². The smallest absolute Gasteiger partial charge is 0.0651 e. The minimum Gasteiger partial charge on any atom is -0.0651 e. The molecule has 0 saturated carbocycles. The Morgan fingerprint density at radius 3 is 2.14 bits per heavy atom. The van der Waals surface area contributed by atoms with Crippen molar-refractivity contribution in [1.82, 2.24) is 0 Å². The molecule has 0 nitrogen and oxygen atoms in total. The summed E-state index contributed by atoms with van der Waals surface area (Å²) in [5.41, 5.74) is 14.8. The van der Waals surface area contributed by atoms with Crippen molar-refractivity contribution in [2.45, 2.75) is 46.0 Å². The van der Waals surface area contributed by atoms with Crippen LogP contribution in [0.25, 0.3) is 38.6 Å². The van der Waals surface area contributed by atoms with E-state index in [0.29, 0.717) is 0 Å². The molecule has 0 amide bonds. The van der Waals surface area contributed by atoms with Gasteiger partial charge in [0.1, 0.15) is 8.80 Å². The van der Waals surface area contributed by atoms with Crippen LogP contribution in [-0.4, -0.2) is 8.80 Å². The minimum absolute atomic E-state index is 0.0245. The van der Waals surface area contributed by atoms with Crippen molar-refractivity contribution in [1.29, 1.82) is 0 Å². The zero-order valence-corrected chi connectivity index (χ0v) is 22.2. The fraction of sp³-hybridized carbons (Fsp3) is 0.206. The van der Waals surface area contributed by atoms with E-state index in [2.05, 4.69) is 113 Å². The molecule has 3 aliphatic heterocycles. The van der Waals surface area contributed by atoms with Crippen molar-refractivity contribution in [3.8, 4) is 33.4 Å². The third kappa shape index (κ3) is 2.85. The molecule has 4 aliphatic rings. The molecule has 3 heterocycles. The van der Waals surface area contributed by atoms with Crippen LogP contribution in [0.5, 0.6) is 0 Å². The third-order valence-electron chi connectivity index (χ3n) is 8.17. The van der Waals surface area contributed by atoms with E-state index in [-0.39, 0.29) is 5.41 Å². The largest absolute Gasteiger partial charge is 0.136 e. The standard InChI is InChI=1S/C34H31Si/c1-5-12-22-19-23-20-27-26-17-11-16-25-24-15-9-10-18-28(24)35(33(25)26)32(22)30(23)29(31(27)34(2,3)4)21-13-7-6-8-14-21/h6-11,13-20,35H,5,12H2,1-4H3. The van der Waals surface area contributed by atoms with Crippen LogP contribution in [-0.2, 0) is 5.41 Å². The van der Waals surface area contributed by atoms with E-state index in [1.54, 1.807) is 26.7 Å². The van der Waals surface area contributed by atoms with Gasteiger partial charge in [-0.05, 0) is 83.5 Å². The molecule has 0 fully saturated rings. The topological polar surface area (TPSA) is 0 Å². The van der Waals surface area contributed by atoms with E-state index < -0.39 is 8.80 Å². The molecule has 35 heavy (non-hydrogen) atoms. The van der Waals surface area contributed by atoms with Gasteiger partial charge < -0.3 is 0 Å². The summed E-state index contributed by atoms with van der Waals surface area (Å²) in [6, 6.07) is 30.1. The van der Waals surface area contributed by atoms with Gasteiger partial charge in [-0.25, -0.2) is 0 Å². The van der Waals surface area contributed by atoms with Crippen molar-refractivity contribution in [2.24, 2.45) is 0 Å². The SMILES string of the molecule is CCCC1=C2c3c(cc(c(C(C)(C)C)c3-c3ccccc3)-c3cccc4c3[SiH]2c2ccccc2-4)[CH]1. The van der Waals surface area contributed by atoms with E-state index in [4.69, 9.17) is 0 Å². The second kappa shape index (κ2) is 7.42. The highest BCUT2D eigenvalue weighted by molar-refractivity contribution is 7.04. The third-order valence-corrected chi connectivity index (χ3v) is 11.7. The van der Waals surface area contributed by atoms with Crippen LogP contribution in [0.1, 0.15) is 57.2 Å². The fourth-order valence-electron chi connectivity index (χ4n) is 7.02. The van der Waals surface area contributed by atoms with Crippen molar-refractivity contribution in [2.75, 3.05) is 0 Å². The Kier molecular flexibility index (Phi) is 4.48. The summed E-state index contributed by atoms with van der Waals surface area (Å²) < 4.78 is 0. The average Bonchev–Trinajstić information content (AvgIpc) is 3.37. The lowest BCUT2D eigenvalue weighted by atomic mass is 9.74. The lowest BCUT2D eigenvalue weighted by Gasteiger charge is -2.34. The van der Waals surface area contributed by atoms with Gasteiger partial charge >= 0.3 is 0 Å². The Morgan fingerprint density at radius 1 is 0.714 bits per heavy atom. The first-order chi connectivity index (χ1) is 17.0. The quantitative estimate of drug-likeness (QED) is 0.277. The summed E-state index contributed by atoms with van der Waals surface area (Å²) in [4.78, 5) is 0. The Morgan fingerprint density at radius 2 is 1.40 bits per heavy atom. The highest BCUT2D eigenvalue weighted by Gasteiger charge is 2.44. The fourth-order valence-corrected chi connectivity index (χ4v) is 11.1. The van der Waals surface area contributed by atoms with Gasteiger partial charge in [0.15, 0.2) is 0 Å². The molecule has 4 bridgehead atoms. The van der Waals surface area contributed by atoms with E-state index in [1.807, 2.05) is 0 Å². The van der Waals surface area contributed by atoms with Gasteiger partial charge in [-0.2, -0.15) is 0 Å². The second-order valence-corrected chi connectivity index (χ2v) is 14.0. The zero-order valence-electron chi connectivity index (χ0n) is 21.1. The molecular weight excluding hydrogens is 436 g/mol. The van der Waals surface area contributed by atoms with Crippen LogP contribution in [0, 0.1) is 6.42 Å². The molecule has 1 aliphatic carbocycles. The van der Waals surface area contributed by atoms with Gasteiger partial charge in [-0.15, -0.1) is 0 Å². The highest BCUT2D eigenvalue weighted by Crippen LogP contribution is 2.53. The normalized spacial score (nSPS) is 16.9. The Hall–Kier alpha value is -3.16. The molecule has 0 N–H and O–H groups in total. The van der Waals surface area contributed by atoms with Gasteiger partial charge in [0.2, 0.25) is 0 Å². The van der Waals surface area contributed by atoms with Crippen LogP contribution >= 0.6 is 0 Å². The first-order valence-electron chi connectivity index (χ1n) is 13.1. The van der Waals surface area contributed by atoms with Crippen LogP contribution in [0.2, 0.25) is 0 Å². The summed E-state index contributed by atoms with van der Waals surface area (Å²) in [5, 5.41) is 4.96. The molecule has 8 rings (SSSR count). The van der Waals surface area contributed by atoms with Gasteiger partial charge in [0, 0.05) is 6.42 Å². The maximum absolute atomic E-state index is 2.55. The van der Waals surface area contributed by atoms with Crippen molar-refractivity contribution < 1.29 is 0 Å². The molecule has 1 heteroatoms. The van der Waals surface area contributed by atoms with E-state index in [1.165, 1.54) is 50.9 Å². The van der Waals surface area contributed by atoms with Crippen LogP contribution in [0.15, 0.2) is 84.4 Å². The molecule has 0 spiro atoms. The van der Waals surface area contributed by atoms with Crippen molar-refractivity contribution in [3.05, 3.63) is 108 Å². The molecule has 0 saturated heterocycles. The number of allylic oxidation sites excluding steroid dienone is 1. The van der Waals surface area contributed by atoms with Crippen molar-refractivity contribution >= 4 is 24.4 Å². The van der Waals surface area contributed by atoms with E-state index in [0.717, 1.165) is 6.42 Å². The summed E-state index contributed by atoms with van der Waals surface area (Å²) in [6.07, 6.45) is 4.89. The predicted octanol–water partition coefficient (Wildman–Crippen LogP) is 7.31. The number of rotatable bonds is 3. The zero-order chi connectivity index (χ0) is 23.9. The lowest BCUT2D eigenvalue weighted by Crippen LogP contribution is -2.42. The Balaban J connectivity index is 1.71. The molecule has 171 valence electrons. The first-order valence-corrected chi connectivity index (χ1v) is 14.8. The molecule has 1 radical (unpaired) electrons. The molecule has 1 atom stereocenters. The van der Waals surface area contributed by atoms with Crippen molar-refractivity contribution in [3.63, 3.8) is 0 Å². The summed E-state index contributed by atoms with van der Waals surface area (Å²) in [7, 11) is -1.62. The molecule has 4 aromatic carbocycles. The molecule has 4 aromatic rings. The predicted molar refractivity (Wildman–Crippen MR) is 153 cm³/mol. The van der Waals surface area contributed by atoms with Gasteiger partial charge in [0.25, 0.3) is 0 Å². The summed E-state index contributed by atoms with van der Waals surface area (Å²) in [6.45, 7) is 9.52. The maximum Gasteiger partial charge on any atom is 0.136 e. The molecule has 1 unspecified atom stereocenters. The average molecular weight is 468 g/mol. The lowest BCUT2D eigenvalue weighted by molar-refractivity contribution is 0.593. The van der Waals surface area contributed by atoms with Crippen LogP contribution in [0.4, 0.5) is 0 Å². The summed E-state index contributed by atoms with van der Waals surface area (Å²) >= 11 is 0. The number of fused-ring (bicyclic) bond motifs is 3. The summed E-state index contributed by atoms with van der Waals surface area (Å²) in [5.74, 6) is 0.